The molecule has 0 amide bonds. The Labute approximate surface area is 203 Å². The monoisotopic (exact) mass is 497 g/mol. The Hall–Kier alpha value is -4.54. The van der Waals surface area contributed by atoms with E-state index in [1.807, 2.05) is 0 Å². The van der Waals surface area contributed by atoms with Gasteiger partial charge in [0.1, 0.15) is 5.82 Å². The average molecular weight is 497 g/mol. The van der Waals surface area contributed by atoms with Crippen LogP contribution in [-0.2, 0) is 15.7 Å². The van der Waals surface area contributed by atoms with Gasteiger partial charge in [-0.15, -0.1) is 0 Å². The number of aromatic nitrogens is 4. The molecule has 0 radical (unpaired) electrons. The number of alkyl halides is 3. The zero-order valence-electron chi connectivity index (χ0n) is 18.8. The zero-order chi connectivity index (χ0) is 25.7. The lowest BCUT2D eigenvalue weighted by molar-refractivity contribution is -0.141. The number of nitrogens with zero attached hydrogens (tertiary/aromatic N) is 4. The molecule has 0 atom stereocenters. The summed E-state index contributed by atoms with van der Waals surface area (Å²) in [7, 11) is 0. The van der Waals surface area contributed by atoms with Crippen molar-refractivity contribution >= 4 is 23.7 Å². The van der Waals surface area contributed by atoms with Crippen molar-refractivity contribution in [2.45, 2.75) is 13.1 Å². The van der Waals surface area contributed by atoms with Crippen LogP contribution in [0, 0.1) is 5.82 Å². The van der Waals surface area contributed by atoms with Crippen molar-refractivity contribution in [2.24, 2.45) is 0 Å². The third-order valence-corrected chi connectivity index (χ3v) is 4.84. The molecule has 7 nitrogen and oxygen atoms in total. The number of carbonyl (C=O) groups is 1. The summed E-state index contributed by atoms with van der Waals surface area (Å²) in [5.41, 5.74) is 0.861. The van der Waals surface area contributed by atoms with E-state index in [0.717, 1.165) is 16.9 Å². The molecule has 0 fully saturated rings. The lowest BCUT2D eigenvalue weighted by atomic mass is 10.0. The first kappa shape index (κ1) is 24.6. The molecule has 0 saturated carbocycles. The van der Waals surface area contributed by atoms with Gasteiger partial charge in [0.2, 0.25) is 5.95 Å². The molecule has 0 unspecified atom stereocenters. The highest BCUT2D eigenvalue weighted by Crippen LogP contribution is 2.31. The van der Waals surface area contributed by atoms with Gasteiger partial charge in [-0.1, -0.05) is 24.3 Å². The van der Waals surface area contributed by atoms with E-state index >= 15 is 0 Å². The maximum Gasteiger partial charge on any atom is 0.435 e. The number of benzene rings is 2. The minimum atomic E-state index is -4.64. The van der Waals surface area contributed by atoms with Crippen LogP contribution in [0.3, 0.4) is 0 Å². The minimum Gasteiger partial charge on any atom is -0.463 e. The second-order valence-corrected chi connectivity index (χ2v) is 7.42. The summed E-state index contributed by atoms with van der Waals surface area (Å²) in [4.78, 5) is 20.3. The second kappa shape index (κ2) is 10.4. The van der Waals surface area contributed by atoms with Crippen molar-refractivity contribution in [2.75, 3.05) is 11.9 Å². The van der Waals surface area contributed by atoms with Crippen molar-refractivity contribution in [3.63, 3.8) is 0 Å². The third kappa shape index (κ3) is 5.93. The summed E-state index contributed by atoms with van der Waals surface area (Å²) >= 11 is 0. The van der Waals surface area contributed by atoms with E-state index < -0.39 is 23.7 Å². The first-order chi connectivity index (χ1) is 17.2. The van der Waals surface area contributed by atoms with E-state index in [0.29, 0.717) is 22.4 Å². The topological polar surface area (TPSA) is 81.9 Å². The quantitative estimate of drug-likeness (QED) is 0.197. The number of halogens is 4. The fourth-order valence-corrected chi connectivity index (χ4v) is 3.26. The largest absolute Gasteiger partial charge is 0.463 e. The molecule has 2 aromatic heterocycles. The van der Waals surface area contributed by atoms with Gasteiger partial charge in [-0.2, -0.15) is 23.3 Å². The standard InChI is InChI=1S/C25H19F4N5O2/c1-2-36-22(35)10-9-16-5-3-6-17(13-16)20-15-30-24(31-19-8-4-7-18(26)14-19)32-23(20)34-12-11-21(33-34)25(27,28)29/h3-15H,2H2,1H3,(H,30,31,32). The Morgan fingerprint density at radius 1 is 1.14 bits per heavy atom. The van der Waals surface area contributed by atoms with E-state index in [9.17, 15) is 22.4 Å². The molecule has 184 valence electrons. The smallest absolute Gasteiger partial charge is 0.435 e. The Bertz CT molecular complexity index is 1420. The van der Waals surface area contributed by atoms with Crippen LogP contribution in [-0.4, -0.2) is 32.3 Å². The SMILES string of the molecule is CCOC(=O)C=Cc1cccc(-c2cnc(Nc3cccc(F)c3)nc2-n2ccc(C(F)(F)F)n2)c1. The molecule has 11 heteroatoms. The lowest BCUT2D eigenvalue weighted by Crippen LogP contribution is -2.10. The Morgan fingerprint density at radius 3 is 2.67 bits per heavy atom. The molecule has 0 aliphatic rings. The van der Waals surface area contributed by atoms with E-state index in [4.69, 9.17) is 4.74 Å². The fourth-order valence-electron chi connectivity index (χ4n) is 3.26. The number of hydrogen-bond acceptors (Lipinski definition) is 6. The maximum atomic E-state index is 13.6. The van der Waals surface area contributed by atoms with Gasteiger partial charge in [-0.3, -0.25) is 0 Å². The van der Waals surface area contributed by atoms with Crippen LogP contribution in [0.15, 0.2) is 73.1 Å². The first-order valence-electron chi connectivity index (χ1n) is 10.7. The summed E-state index contributed by atoms with van der Waals surface area (Å²) in [6.07, 6.45) is 0.754. The number of nitrogens with one attached hydrogen (secondary N) is 1. The highest BCUT2D eigenvalue weighted by molar-refractivity contribution is 5.87. The van der Waals surface area contributed by atoms with Gasteiger partial charge in [0.25, 0.3) is 0 Å². The van der Waals surface area contributed by atoms with Crippen LogP contribution in [0.2, 0.25) is 0 Å². The van der Waals surface area contributed by atoms with Crippen LogP contribution in [0.25, 0.3) is 23.0 Å². The minimum absolute atomic E-state index is 0.0294. The van der Waals surface area contributed by atoms with E-state index in [1.165, 1.54) is 30.5 Å². The highest BCUT2D eigenvalue weighted by atomic mass is 19.4. The molecular weight excluding hydrogens is 478 g/mol. The first-order valence-corrected chi connectivity index (χ1v) is 10.7. The van der Waals surface area contributed by atoms with Gasteiger partial charge < -0.3 is 10.1 Å². The molecule has 0 aliphatic carbocycles. The molecule has 2 aromatic carbocycles. The third-order valence-electron chi connectivity index (χ3n) is 4.84. The second-order valence-electron chi connectivity index (χ2n) is 7.42. The normalized spacial score (nSPS) is 11.6. The highest BCUT2D eigenvalue weighted by Gasteiger charge is 2.34. The van der Waals surface area contributed by atoms with Crippen LogP contribution < -0.4 is 5.32 Å². The van der Waals surface area contributed by atoms with Crippen LogP contribution in [0.4, 0.5) is 29.2 Å². The molecule has 0 bridgehead atoms. The Balaban J connectivity index is 1.76. The number of rotatable bonds is 7. The summed E-state index contributed by atoms with van der Waals surface area (Å²) in [6.45, 7) is 1.93. The molecule has 1 N–H and O–H groups in total. The molecular formula is C25H19F4N5O2. The van der Waals surface area contributed by atoms with Crippen molar-refractivity contribution in [1.82, 2.24) is 19.7 Å². The number of esters is 1. The molecule has 4 rings (SSSR count). The van der Waals surface area contributed by atoms with Gasteiger partial charge in [0.05, 0.1) is 6.61 Å². The van der Waals surface area contributed by atoms with Crippen molar-refractivity contribution in [3.05, 3.63) is 90.1 Å². The lowest BCUT2D eigenvalue weighted by Gasteiger charge is -2.12. The van der Waals surface area contributed by atoms with Gasteiger partial charge in [0, 0.05) is 29.7 Å². The molecule has 4 aromatic rings. The average Bonchev–Trinajstić information content (AvgIpc) is 3.34. The Morgan fingerprint density at radius 2 is 1.94 bits per heavy atom. The zero-order valence-corrected chi connectivity index (χ0v) is 18.8. The molecule has 0 aliphatic heterocycles. The number of anilines is 2. The maximum absolute atomic E-state index is 13.6. The number of carbonyl (C=O) groups excluding carboxylic acids is 1. The fraction of sp³-hybridized carbons (Fsp3) is 0.120. The molecule has 36 heavy (non-hydrogen) atoms. The van der Waals surface area contributed by atoms with Crippen LogP contribution in [0.5, 0.6) is 0 Å². The van der Waals surface area contributed by atoms with Crippen molar-refractivity contribution in [1.29, 1.82) is 0 Å². The van der Waals surface area contributed by atoms with Crippen LogP contribution in [0.1, 0.15) is 18.2 Å². The van der Waals surface area contributed by atoms with E-state index in [-0.39, 0.29) is 18.4 Å². The summed E-state index contributed by atoms with van der Waals surface area (Å²) in [5.74, 6) is -0.893. The Kier molecular flexibility index (Phi) is 7.09. The summed E-state index contributed by atoms with van der Waals surface area (Å²) in [6, 6.07) is 13.3. The van der Waals surface area contributed by atoms with Gasteiger partial charge >= 0.3 is 12.1 Å². The van der Waals surface area contributed by atoms with E-state index in [2.05, 4.69) is 20.4 Å². The molecule has 0 saturated heterocycles. The predicted molar refractivity (Wildman–Crippen MR) is 125 cm³/mol. The molecule has 2 heterocycles. The summed E-state index contributed by atoms with van der Waals surface area (Å²) in [5, 5.41) is 6.48. The molecule has 0 spiro atoms. The van der Waals surface area contributed by atoms with Crippen molar-refractivity contribution in [3.8, 4) is 16.9 Å². The number of hydrogen-bond donors (Lipinski definition) is 1. The summed E-state index contributed by atoms with van der Waals surface area (Å²) < 4.78 is 59.0. The van der Waals surface area contributed by atoms with Gasteiger partial charge in [-0.05, 0) is 54.5 Å². The van der Waals surface area contributed by atoms with Gasteiger partial charge in [0.15, 0.2) is 11.5 Å². The van der Waals surface area contributed by atoms with E-state index in [1.54, 1.807) is 43.3 Å². The van der Waals surface area contributed by atoms with Crippen LogP contribution >= 0.6 is 0 Å². The van der Waals surface area contributed by atoms with Crippen molar-refractivity contribution < 1.29 is 27.1 Å². The van der Waals surface area contributed by atoms with Gasteiger partial charge in [-0.25, -0.2) is 18.9 Å². The predicted octanol–water partition coefficient (Wildman–Crippen LogP) is 5.81. The number of ether oxygens (including phenoxy) is 1.